The van der Waals surface area contributed by atoms with Gasteiger partial charge in [-0.05, 0) is 0 Å². The van der Waals surface area contributed by atoms with Gasteiger partial charge in [-0.1, -0.05) is 17.4 Å². The molecule has 0 aliphatic carbocycles. The van der Waals surface area contributed by atoms with Crippen molar-refractivity contribution in [3.63, 3.8) is 0 Å². The Kier molecular flexibility index (Phi) is 3.35. The molecule has 0 atom stereocenters. The summed E-state index contributed by atoms with van der Waals surface area (Å²) in [5, 5.41) is 11.7. The van der Waals surface area contributed by atoms with E-state index in [1.807, 2.05) is 0 Å². The van der Waals surface area contributed by atoms with E-state index in [9.17, 15) is 14.9 Å². The number of nitro groups is 1. The van der Waals surface area contributed by atoms with E-state index >= 15 is 0 Å². The highest BCUT2D eigenvalue weighted by Gasteiger charge is 2.12. The van der Waals surface area contributed by atoms with E-state index in [0.717, 1.165) is 11.3 Å². The molecule has 0 spiro atoms. The Morgan fingerprint density at radius 1 is 1.79 bits per heavy atom. The van der Waals surface area contributed by atoms with Gasteiger partial charge in [-0.3, -0.25) is 14.9 Å². The first kappa shape index (κ1) is 10.4. The molecule has 0 radical (unpaired) electrons. The Morgan fingerprint density at radius 2 is 2.50 bits per heavy atom. The van der Waals surface area contributed by atoms with Gasteiger partial charge in [0.2, 0.25) is 0 Å². The van der Waals surface area contributed by atoms with Crippen LogP contribution in [0.25, 0.3) is 0 Å². The summed E-state index contributed by atoms with van der Waals surface area (Å²) >= 11 is 0.916. The van der Waals surface area contributed by atoms with Crippen LogP contribution in [0.4, 0.5) is 5.00 Å². The third-order valence-electron chi connectivity index (χ3n) is 1.28. The van der Waals surface area contributed by atoms with Gasteiger partial charge in [0.05, 0.1) is 17.4 Å². The minimum Gasteiger partial charge on any atom is -0.425 e. The SMILES string of the molecule is C=CCC(=O)Oc1csc([N+](=O)[O-])c1. The van der Waals surface area contributed by atoms with Crippen LogP contribution in [0.2, 0.25) is 0 Å². The second-order valence-corrected chi connectivity index (χ2v) is 3.23. The second kappa shape index (κ2) is 4.52. The number of carbonyl (C=O) groups is 1. The van der Waals surface area contributed by atoms with E-state index in [-0.39, 0.29) is 17.2 Å². The van der Waals surface area contributed by atoms with Gasteiger partial charge in [-0.25, -0.2) is 0 Å². The van der Waals surface area contributed by atoms with Gasteiger partial charge in [0, 0.05) is 5.38 Å². The summed E-state index contributed by atoms with van der Waals surface area (Å²) < 4.78 is 4.78. The van der Waals surface area contributed by atoms with E-state index in [1.54, 1.807) is 0 Å². The highest BCUT2D eigenvalue weighted by molar-refractivity contribution is 7.13. The molecule has 6 heteroatoms. The van der Waals surface area contributed by atoms with Crippen LogP contribution in [0, 0.1) is 10.1 Å². The average Bonchev–Trinajstić information content (AvgIpc) is 2.53. The third-order valence-corrected chi connectivity index (χ3v) is 2.14. The number of carbonyl (C=O) groups excluding carboxylic acids is 1. The summed E-state index contributed by atoms with van der Waals surface area (Å²) in [6, 6.07) is 1.21. The summed E-state index contributed by atoms with van der Waals surface area (Å²) in [6.45, 7) is 3.37. The molecule has 0 aliphatic rings. The summed E-state index contributed by atoms with van der Waals surface area (Å²) in [6.07, 6.45) is 1.49. The van der Waals surface area contributed by atoms with Gasteiger partial charge < -0.3 is 4.74 Å². The molecule has 0 aliphatic heterocycles. The van der Waals surface area contributed by atoms with Crippen LogP contribution < -0.4 is 4.74 Å². The summed E-state index contributed by atoms with van der Waals surface area (Å²) in [4.78, 5) is 20.7. The second-order valence-electron chi connectivity index (χ2n) is 2.34. The molecule has 1 rings (SSSR count). The molecule has 14 heavy (non-hydrogen) atoms. The van der Waals surface area contributed by atoms with Crippen LogP contribution in [-0.2, 0) is 4.79 Å². The number of nitrogens with zero attached hydrogens (tertiary/aromatic N) is 1. The average molecular weight is 213 g/mol. The smallest absolute Gasteiger partial charge is 0.327 e. The van der Waals surface area contributed by atoms with E-state index in [0.29, 0.717) is 0 Å². The summed E-state index contributed by atoms with van der Waals surface area (Å²) in [7, 11) is 0. The molecule has 0 fully saturated rings. The van der Waals surface area contributed by atoms with E-state index in [4.69, 9.17) is 4.74 Å². The monoisotopic (exact) mass is 213 g/mol. The first-order chi connectivity index (χ1) is 6.63. The molecule has 1 aromatic rings. The fraction of sp³-hybridized carbons (Fsp3) is 0.125. The molecule has 0 amide bonds. The molecule has 0 unspecified atom stereocenters. The number of hydrogen-bond acceptors (Lipinski definition) is 5. The van der Waals surface area contributed by atoms with Crippen molar-refractivity contribution in [3.05, 3.63) is 34.2 Å². The van der Waals surface area contributed by atoms with Gasteiger partial charge in [0.15, 0.2) is 0 Å². The Hall–Kier alpha value is -1.69. The van der Waals surface area contributed by atoms with Crippen LogP contribution in [0.3, 0.4) is 0 Å². The number of thiophene rings is 1. The molecule has 0 saturated heterocycles. The summed E-state index contributed by atoms with van der Waals surface area (Å²) in [5.41, 5.74) is 0. The molecule has 0 aromatic carbocycles. The minimum absolute atomic E-state index is 0.0496. The molecule has 1 heterocycles. The maximum atomic E-state index is 10.9. The predicted octanol–water partition coefficient (Wildman–Crippen LogP) is 2.14. The van der Waals surface area contributed by atoms with Crippen LogP contribution in [-0.4, -0.2) is 10.9 Å². The lowest BCUT2D eigenvalue weighted by molar-refractivity contribution is -0.380. The first-order valence-electron chi connectivity index (χ1n) is 3.68. The minimum atomic E-state index is -0.532. The van der Waals surface area contributed by atoms with Crippen molar-refractivity contribution in [1.29, 1.82) is 0 Å². The molecule has 0 N–H and O–H groups in total. The highest BCUT2D eigenvalue weighted by Crippen LogP contribution is 2.28. The van der Waals surface area contributed by atoms with Crippen LogP contribution in [0.1, 0.15) is 6.42 Å². The van der Waals surface area contributed by atoms with Crippen molar-refractivity contribution in [1.82, 2.24) is 0 Å². The lowest BCUT2D eigenvalue weighted by atomic mass is 10.4. The van der Waals surface area contributed by atoms with Crippen molar-refractivity contribution < 1.29 is 14.5 Å². The Labute approximate surface area is 83.8 Å². The van der Waals surface area contributed by atoms with Crippen LogP contribution in [0.15, 0.2) is 24.1 Å². The van der Waals surface area contributed by atoms with E-state index in [1.165, 1.54) is 17.5 Å². The fourth-order valence-electron chi connectivity index (χ4n) is 0.748. The largest absolute Gasteiger partial charge is 0.425 e. The maximum Gasteiger partial charge on any atom is 0.327 e. The zero-order chi connectivity index (χ0) is 10.6. The fourth-order valence-corrected chi connectivity index (χ4v) is 1.37. The van der Waals surface area contributed by atoms with E-state index < -0.39 is 10.9 Å². The quantitative estimate of drug-likeness (QED) is 0.332. The normalized spacial score (nSPS) is 9.43. The highest BCUT2D eigenvalue weighted by atomic mass is 32.1. The lowest BCUT2D eigenvalue weighted by Gasteiger charge is -1.96. The summed E-state index contributed by atoms with van der Waals surface area (Å²) in [5.74, 6) is -0.277. The van der Waals surface area contributed by atoms with Gasteiger partial charge >= 0.3 is 11.0 Å². The maximum absolute atomic E-state index is 10.9. The molecule has 0 bridgehead atoms. The van der Waals surface area contributed by atoms with Crippen molar-refractivity contribution in [2.45, 2.75) is 6.42 Å². The zero-order valence-electron chi connectivity index (χ0n) is 7.13. The molecule has 0 saturated carbocycles. The Bertz CT molecular complexity index is 371. The Morgan fingerprint density at radius 3 is 3.00 bits per heavy atom. The lowest BCUT2D eigenvalue weighted by Crippen LogP contribution is -2.04. The topological polar surface area (TPSA) is 69.4 Å². The number of rotatable bonds is 4. The zero-order valence-corrected chi connectivity index (χ0v) is 7.95. The molecule has 1 aromatic heterocycles. The van der Waals surface area contributed by atoms with Gasteiger partial charge in [0.25, 0.3) is 0 Å². The number of hydrogen-bond donors (Lipinski definition) is 0. The predicted molar refractivity (Wildman–Crippen MR) is 51.4 cm³/mol. The standard InChI is InChI=1S/C8H7NO4S/c1-2-3-8(10)13-6-4-7(9(11)12)14-5-6/h2,4-5H,1,3H2. The molecular weight excluding hydrogens is 206 g/mol. The Balaban J connectivity index is 2.64. The third kappa shape index (κ3) is 2.67. The van der Waals surface area contributed by atoms with Crippen LogP contribution in [0.5, 0.6) is 5.75 Å². The first-order valence-corrected chi connectivity index (χ1v) is 4.56. The van der Waals surface area contributed by atoms with Gasteiger partial charge in [-0.2, -0.15) is 0 Å². The van der Waals surface area contributed by atoms with Crippen LogP contribution >= 0.6 is 11.3 Å². The van der Waals surface area contributed by atoms with E-state index in [2.05, 4.69) is 6.58 Å². The van der Waals surface area contributed by atoms with Gasteiger partial charge in [-0.15, -0.1) is 6.58 Å². The van der Waals surface area contributed by atoms with Gasteiger partial charge in [0.1, 0.15) is 5.75 Å². The molecular formula is C8H7NO4S. The molecule has 74 valence electrons. The van der Waals surface area contributed by atoms with Crippen molar-refractivity contribution in [2.24, 2.45) is 0 Å². The molecule has 5 nitrogen and oxygen atoms in total. The number of esters is 1. The number of ether oxygens (including phenoxy) is 1. The van der Waals surface area contributed by atoms with Crippen molar-refractivity contribution in [3.8, 4) is 5.75 Å². The van der Waals surface area contributed by atoms with Crippen molar-refractivity contribution >= 4 is 22.3 Å². The van der Waals surface area contributed by atoms with Crippen molar-refractivity contribution in [2.75, 3.05) is 0 Å².